The fraction of sp³-hybridized carbons (Fsp3) is 0.200. The largest absolute Gasteiger partial charge is 0.331 e. The van der Waals surface area contributed by atoms with Gasteiger partial charge in [0.1, 0.15) is 5.69 Å². The van der Waals surface area contributed by atoms with Gasteiger partial charge in [-0.2, -0.15) is 4.98 Å². The van der Waals surface area contributed by atoms with E-state index in [9.17, 15) is 4.79 Å². The van der Waals surface area contributed by atoms with Crippen LogP contribution in [-0.2, 0) is 6.42 Å². The highest BCUT2D eigenvalue weighted by molar-refractivity contribution is 5.68. The van der Waals surface area contributed by atoms with Crippen molar-refractivity contribution in [1.29, 1.82) is 0 Å². The summed E-state index contributed by atoms with van der Waals surface area (Å²) in [5.41, 5.74) is 1.69. The van der Waals surface area contributed by atoms with Crippen LogP contribution in [0.5, 0.6) is 0 Å². The first-order valence-corrected chi connectivity index (χ1v) is 4.58. The third kappa shape index (κ3) is 1.76. The smallest absolute Gasteiger partial charge is 0.291 e. The third-order valence-electron chi connectivity index (χ3n) is 2.03. The molecule has 0 amide bonds. The van der Waals surface area contributed by atoms with Crippen LogP contribution >= 0.6 is 0 Å². The van der Waals surface area contributed by atoms with E-state index in [0.29, 0.717) is 17.8 Å². The molecule has 5 heteroatoms. The third-order valence-corrected chi connectivity index (χ3v) is 2.03. The van der Waals surface area contributed by atoms with Crippen LogP contribution < -0.4 is 0 Å². The molecule has 0 aliphatic heterocycles. The van der Waals surface area contributed by atoms with E-state index < -0.39 is 0 Å². The minimum absolute atomic E-state index is 0.0299. The Labute approximate surface area is 86.1 Å². The molecule has 2 heterocycles. The van der Waals surface area contributed by atoms with E-state index in [-0.39, 0.29) is 5.89 Å². The molecule has 0 atom stereocenters. The second-order valence-corrected chi connectivity index (χ2v) is 2.94. The summed E-state index contributed by atoms with van der Waals surface area (Å²) in [6, 6.07) is 3.79. The number of carbonyl (C=O) groups excluding carboxylic acids is 1. The molecule has 0 aromatic carbocycles. The average molecular weight is 203 g/mol. The van der Waals surface area contributed by atoms with E-state index in [0.717, 1.165) is 12.0 Å². The van der Waals surface area contributed by atoms with Gasteiger partial charge in [0.2, 0.25) is 12.1 Å². The Kier molecular flexibility index (Phi) is 2.53. The number of hydrogen-bond acceptors (Lipinski definition) is 5. The second-order valence-electron chi connectivity index (χ2n) is 2.94. The van der Waals surface area contributed by atoms with E-state index in [4.69, 9.17) is 4.52 Å². The molecule has 0 bridgehead atoms. The molecule has 5 nitrogen and oxygen atoms in total. The number of pyridine rings is 1. The number of aldehydes is 1. The highest BCUT2D eigenvalue weighted by Gasteiger charge is 2.11. The molecule has 0 aliphatic carbocycles. The molecular weight excluding hydrogens is 194 g/mol. The molecule has 15 heavy (non-hydrogen) atoms. The Balaban J connectivity index is 2.48. The lowest BCUT2D eigenvalue weighted by Crippen LogP contribution is -1.92. The zero-order valence-electron chi connectivity index (χ0n) is 8.17. The molecule has 2 rings (SSSR count). The summed E-state index contributed by atoms with van der Waals surface area (Å²) in [6.45, 7) is 2.02. The lowest BCUT2D eigenvalue weighted by molar-refractivity contribution is 0.108. The van der Waals surface area contributed by atoms with Crippen molar-refractivity contribution in [3.05, 3.63) is 29.8 Å². The number of nitrogens with zero attached hydrogens (tertiary/aromatic N) is 3. The van der Waals surface area contributed by atoms with Crippen LogP contribution in [0.1, 0.15) is 23.2 Å². The van der Waals surface area contributed by atoms with Gasteiger partial charge < -0.3 is 4.52 Å². The Hall–Kier alpha value is -2.04. The molecule has 0 spiro atoms. The van der Waals surface area contributed by atoms with Crippen molar-refractivity contribution >= 4 is 6.29 Å². The molecule has 0 saturated heterocycles. The van der Waals surface area contributed by atoms with Crippen LogP contribution in [0.15, 0.2) is 22.9 Å². The summed E-state index contributed by atoms with van der Waals surface area (Å²) >= 11 is 0. The Morgan fingerprint density at radius 1 is 1.53 bits per heavy atom. The maximum atomic E-state index is 10.4. The van der Waals surface area contributed by atoms with Crippen molar-refractivity contribution in [3.8, 4) is 11.5 Å². The Morgan fingerprint density at radius 2 is 2.40 bits per heavy atom. The lowest BCUT2D eigenvalue weighted by Gasteiger charge is -2.00. The van der Waals surface area contributed by atoms with E-state index in [1.165, 1.54) is 0 Å². The van der Waals surface area contributed by atoms with Crippen LogP contribution in [0.2, 0.25) is 0 Å². The van der Waals surface area contributed by atoms with Gasteiger partial charge in [0.15, 0.2) is 0 Å². The molecule has 0 saturated carbocycles. The van der Waals surface area contributed by atoms with Gasteiger partial charge in [0.25, 0.3) is 5.89 Å². The van der Waals surface area contributed by atoms with E-state index in [2.05, 4.69) is 15.1 Å². The van der Waals surface area contributed by atoms with Gasteiger partial charge in [0.05, 0.1) is 0 Å². The minimum atomic E-state index is -0.0299. The van der Waals surface area contributed by atoms with Gasteiger partial charge in [-0.3, -0.25) is 9.78 Å². The van der Waals surface area contributed by atoms with Gasteiger partial charge in [-0.25, -0.2) is 0 Å². The number of aryl methyl sites for hydroxylation is 1. The van der Waals surface area contributed by atoms with Crippen molar-refractivity contribution in [2.24, 2.45) is 0 Å². The van der Waals surface area contributed by atoms with Crippen molar-refractivity contribution in [1.82, 2.24) is 15.1 Å². The predicted molar refractivity (Wildman–Crippen MR) is 52.3 cm³/mol. The number of aromatic nitrogens is 3. The normalized spacial score (nSPS) is 10.2. The van der Waals surface area contributed by atoms with Crippen LogP contribution in [0.3, 0.4) is 0 Å². The topological polar surface area (TPSA) is 68.9 Å². The first kappa shape index (κ1) is 9.51. The predicted octanol–water partition coefficient (Wildman–Crippen LogP) is 1.51. The molecule has 0 aliphatic rings. The van der Waals surface area contributed by atoms with Crippen LogP contribution in [0.25, 0.3) is 11.5 Å². The van der Waals surface area contributed by atoms with Gasteiger partial charge in [-0.15, -0.1) is 0 Å². The van der Waals surface area contributed by atoms with Crippen molar-refractivity contribution in [2.45, 2.75) is 13.3 Å². The number of hydrogen-bond donors (Lipinski definition) is 0. The second kappa shape index (κ2) is 4.00. The van der Waals surface area contributed by atoms with Gasteiger partial charge in [-0.1, -0.05) is 18.1 Å². The zero-order valence-corrected chi connectivity index (χ0v) is 8.17. The van der Waals surface area contributed by atoms with Crippen molar-refractivity contribution in [3.63, 3.8) is 0 Å². The first-order chi connectivity index (χ1) is 7.35. The van der Waals surface area contributed by atoms with E-state index in [1.54, 1.807) is 6.20 Å². The monoisotopic (exact) mass is 203 g/mol. The van der Waals surface area contributed by atoms with Crippen molar-refractivity contribution < 1.29 is 9.32 Å². The summed E-state index contributed by atoms with van der Waals surface area (Å²) in [4.78, 5) is 18.5. The van der Waals surface area contributed by atoms with Gasteiger partial charge >= 0.3 is 0 Å². The van der Waals surface area contributed by atoms with Crippen LogP contribution in [0.4, 0.5) is 0 Å². The van der Waals surface area contributed by atoms with E-state index in [1.807, 2.05) is 19.1 Å². The van der Waals surface area contributed by atoms with Gasteiger partial charge in [-0.05, 0) is 18.1 Å². The summed E-state index contributed by atoms with van der Waals surface area (Å²) < 4.78 is 4.70. The lowest BCUT2D eigenvalue weighted by atomic mass is 10.1. The van der Waals surface area contributed by atoms with Gasteiger partial charge in [0, 0.05) is 6.20 Å². The Bertz CT molecular complexity index is 479. The van der Waals surface area contributed by atoms with Crippen LogP contribution in [-0.4, -0.2) is 21.4 Å². The quantitative estimate of drug-likeness (QED) is 0.707. The maximum absolute atomic E-state index is 10.4. The highest BCUT2D eigenvalue weighted by Crippen LogP contribution is 2.17. The number of rotatable bonds is 3. The molecule has 2 aromatic rings. The van der Waals surface area contributed by atoms with E-state index >= 15 is 0 Å². The summed E-state index contributed by atoms with van der Waals surface area (Å²) in [5, 5.41) is 3.69. The first-order valence-electron chi connectivity index (χ1n) is 4.58. The average Bonchev–Trinajstić information content (AvgIpc) is 2.77. The SMILES string of the molecule is CCc1cccnc1-c1noc(C=O)n1. The molecule has 0 unspecified atom stereocenters. The molecule has 0 N–H and O–H groups in total. The van der Waals surface area contributed by atoms with Crippen LogP contribution in [0, 0.1) is 0 Å². The fourth-order valence-electron chi connectivity index (χ4n) is 1.30. The fourth-order valence-corrected chi connectivity index (χ4v) is 1.30. The summed E-state index contributed by atoms with van der Waals surface area (Å²) in [5.74, 6) is 0.326. The molecule has 0 fully saturated rings. The standard InChI is InChI=1S/C10H9N3O2/c1-2-7-4-3-5-11-9(7)10-12-8(6-14)15-13-10/h3-6H,2H2,1H3. The minimum Gasteiger partial charge on any atom is -0.331 e. The Morgan fingerprint density at radius 3 is 3.07 bits per heavy atom. The zero-order chi connectivity index (χ0) is 10.7. The molecule has 76 valence electrons. The summed E-state index contributed by atoms with van der Waals surface area (Å²) in [7, 11) is 0. The number of carbonyl (C=O) groups is 1. The summed E-state index contributed by atoms with van der Waals surface area (Å²) in [6.07, 6.45) is 3.00. The van der Waals surface area contributed by atoms with Crippen molar-refractivity contribution in [2.75, 3.05) is 0 Å². The highest BCUT2D eigenvalue weighted by atomic mass is 16.5. The molecular formula is C10H9N3O2. The molecule has 0 radical (unpaired) electrons. The molecule has 2 aromatic heterocycles. The maximum Gasteiger partial charge on any atom is 0.291 e.